The van der Waals surface area contributed by atoms with Gasteiger partial charge in [0.25, 0.3) is 5.91 Å². The monoisotopic (exact) mass is 337 g/mol. The second-order valence-corrected chi connectivity index (χ2v) is 6.07. The third-order valence-electron chi connectivity index (χ3n) is 4.62. The van der Waals surface area contributed by atoms with E-state index in [1.54, 1.807) is 12.0 Å². The summed E-state index contributed by atoms with van der Waals surface area (Å²) in [5.74, 6) is 0.664. The molecule has 1 amide bonds. The fraction of sp³-hybridized carbons (Fsp3) is 0.278. The Labute approximate surface area is 145 Å². The van der Waals surface area contributed by atoms with Gasteiger partial charge >= 0.3 is 0 Å². The standard InChI is InChI=1S/C18H19N5O2/c1-25-15-10-16(17-19-12-20-21-17)23(11-15)18(24)13-4-6-14(7-5-13)22-8-2-3-9-22/h2-9,12,15-16H,10-11H2,1H3,(H,19,20,21)/t15-,16+/m1/s1. The lowest BCUT2D eigenvalue weighted by atomic mass is 10.1. The minimum atomic E-state index is -0.149. The summed E-state index contributed by atoms with van der Waals surface area (Å²) in [7, 11) is 1.67. The zero-order valence-corrected chi connectivity index (χ0v) is 13.9. The Hall–Kier alpha value is -2.93. The second-order valence-electron chi connectivity index (χ2n) is 6.07. The average Bonchev–Trinajstić information content (AvgIpc) is 3.42. The molecule has 0 saturated carbocycles. The molecule has 1 saturated heterocycles. The van der Waals surface area contributed by atoms with Gasteiger partial charge in [0, 0.05) is 43.7 Å². The molecule has 4 rings (SSSR count). The zero-order chi connectivity index (χ0) is 17.2. The maximum atomic E-state index is 13.0. The molecule has 3 heterocycles. The van der Waals surface area contributed by atoms with Crippen LogP contribution in [0.25, 0.3) is 5.69 Å². The summed E-state index contributed by atoms with van der Waals surface area (Å²) in [6, 6.07) is 11.4. The van der Waals surface area contributed by atoms with Gasteiger partial charge in [0.1, 0.15) is 12.2 Å². The van der Waals surface area contributed by atoms with Crippen molar-refractivity contribution in [1.29, 1.82) is 0 Å². The fourth-order valence-corrected chi connectivity index (χ4v) is 3.28. The van der Waals surface area contributed by atoms with E-state index in [-0.39, 0.29) is 18.1 Å². The van der Waals surface area contributed by atoms with Crippen molar-refractivity contribution in [2.75, 3.05) is 13.7 Å². The Morgan fingerprint density at radius 3 is 2.64 bits per heavy atom. The van der Waals surface area contributed by atoms with Gasteiger partial charge in [0.05, 0.1) is 12.1 Å². The topological polar surface area (TPSA) is 76.0 Å². The van der Waals surface area contributed by atoms with Crippen molar-refractivity contribution in [1.82, 2.24) is 24.6 Å². The van der Waals surface area contributed by atoms with Gasteiger partial charge in [-0.05, 0) is 36.4 Å². The Morgan fingerprint density at radius 2 is 2.00 bits per heavy atom. The molecule has 7 heteroatoms. The summed E-state index contributed by atoms with van der Waals surface area (Å²) in [4.78, 5) is 19.0. The molecule has 7 nitrogen and oxygen atoms in total. The number of hydrogen-bond donors (Lipinski definition) is 1. The van der Waals surface area contributed by atoms with E-state index >= 15 is 0 Å². The van der Waals surface area contributed by atoms with Crippen LogP contribution in [0.15, 0.2) is 55.1 Å². The predicted molar refractivity (Wildman–Crippen MR) is 91.3 cm³/mol. The molecule has 1 aliphatic heterocycles. The normalized spacial score (nSPS) is 20.1. The van der Waals surface area contributed by atoms with Crippen LogP contribution in [0.5, 0.6) is 0 Å². The molecule has 2 aromatic heterocycles. The molecule has 0 bridgehead atoms. The van der Waals surface area contributed by atoms with E-state index in [2.05, 4.69) is 15.2 Å². The predicted octanol–water partition coefficient (Wildman–Crippen LogP) is 2.20. The quantitative estimate of drug-likeness (QED) is 0.792. The van der Waals surface area contributed by atoms with E-state index in [0.29, 0.717) is 24.4 Å². The first-order chi connectivity index (χ1) is 12.3. The summed E-state index contributed by atoms with van der Waals surface area (Å²) in [5, 5.41) is 6.78. The molecule has 1 aliphatic rings. The van der Waals surface area contributed by atoms with Gasteiger partial charge in [-0.15, -0.1) is 0 Å². The van der Waals surface area contributed by atoms with Crippen LogP contribution < -0.4 is 0 Å². The van der Waals surface area contributed by atoms with Crippen LogP contribution in [0.2, 0.25) is 0 Å². The highest BCUT2D eigenvalue weighted by Crippen LogP contribution is 2.32. The SMILES string of the molecule is CO[C@@H]1C[C@@H](c2ncn[nH]2)N(C(=O)c2ccc(-n3cccc3)cc2)C1. The molecule has 0 aliphatic carbocycles. The summed E-state index contributed by atoms with van der Waals surface area (Å²) in [6.07, 6.45) is 6.11. The van der Waals surface area contributed by atoms with Crippen molar-refractivity contribution < 1.29 is 9.53 Å². The van der Waals surface area contributed by atoms with Crippen LogP contribution in [-0.2, 0) is 4.74 Å². The van der Waals surface area contributed by atoms with Crippen molar-refractivity contribution in [3.63, 3.8) is 0 Å². The van der Waals surface area contributed by atoms with E-state index in [1.807, 2.05) is 53.4 Å². The Morgan fingerprint density at radius 1 is 1.24 bits per heavy atom. The van der Waals surface area contributed by atoms with Gasteiger partial charge in [-0.25, -0.2) is 4.98 Å². The van der Waals surface area contributed by atoms with Gasteiger partial charge in [-0.3, -0.25) is 9.89 Å². The molecule has 0 radical (unpaired) electrons. The highest BCUT2D eigenvalue weighted by Gasteiger charge is 2.38. The Kier molecular flexibility index (Phi) is 4.07. The van der Waals surface area contributed by atoms with Crippen molar-refractivity contribution >= 4 is 5.91 Å². The van der Waals surface area contributed by atoms with E-state index in [1.165, 1.54) is 6.33 Å². The first-order valence-corrected chi connectivity index (χ1v) is 8.18. The second kappa shape index (κ2) is 6.52. The largest absolute Gasteiger partial charge is 0.380 e. The third-order valence-corrected chi connectivity index (χ3v) is 4.62. The Bertz CT molecular complexity index is 827. The van der Waals surface area contributed by atoms with E-state index in [0.717, 1.165) is 5.69 Å². The first-order valence-electron chi connectivity index (χ1n) is 8.18. The molecule has 1 N–H and O–H groups in total. The number of carbonyl (C=O) groups excluding carboxylic acids is 1. The Balaban J connectivity index is 1.58. The number of nitrogens with zero attached hydrogens (tertiary/aromatic N) is 4. The molecule has 1 fully saturated rings. The van der Waals surface area contributed by atoms with Crippen LogP contribution in [0.3, 0.4) is 0 Å². The molecule has 3 aromatic rings. The number of hydrogen-bond acceptors (Lipinski definition) is 4. The number of aromatic amines is 1. The van der Waals surface area contributed by atoms with Crippen molar-refractivity contribution in [2.24, 2.45) is 0 Å². The molecule has 0 spiro atoms. The zero-order valence-electron chi connectivity index (χ0n) is 13.9. The van der Waals surface area contributed by atoms with E-state index < -0.39 is 0 Å². The number of aromatic nitrogens is 4. The summed E-state index contributed by atoms with van der Waals surface area (Å²) in [6.45, 7) is 0.542. The van der Waals surface area contributed by atoms with Crippen molar-refractivity contribution in [2.45, 2.75) is 18.6 Å². The highest BCUT2D eigenvalue weighted by molar-refractivity contribution is 5.94. The van der Waals surface area contributed by atoms with Gasteiger partial charge in [-0.1, -0.05) is 0 Å². The number of carbonyl (C=O) groups is 1. The molecule has 2 atom stereocenters. The highest BCUT2D eigenvalue weighted by atomic mass is 16.5. The molecular formula is C18H19N5O2. The minimum absolute atomic E-state index is 0.00167. The van der Waals surface area contributed by atoms with E-state index in [4.69, 9.17) is 4.74 Å². The number of benzene rings is 1. The molecular weight excluding hydrogens is 318 g/mol. The van der Waals surface area contributed by atoms with Crippen LogP contribution in [0.4, 0.5) is 0 Å². The number of H-pyrrole nitrogens is 1. The number of amides is 1. The lowest BCUT2D eigenvalue weighted by Crippen LogP contribution is -2.32. The number of nitrogens with one attached hydrogen (secondary N) is 1. The number of rotatable bonds is 4. The summed E-state index contributed by atoms with van der Waals surface area (Å²) < 4.78 is 7.47. The summed E-state index contributed by atoms with van der Waals surface area (Å²) >= 11 is 0. The molecule has 1 aromatic carbocycles. The number of methoxy groups -OCH3 is 1. The lowest BCUT2D eigenvalue weighted by molar-refractivity contribution is 0.0684. The van der Waals surface area contributed by atoms with Gasteiger partial charge in [0.2, 0.25) is 0 Å². The number of ether oxygens (including phenoxy) is 1. The van der Waals surface area contributed by atoms with Crippen LogP contribution in [-0.4, -0.2) is 50.3 Å². The lowest BCUT2D eigenvalue weighted by Gasteiger charge is -2.22. The average molecular weight is 337 g/mol. The third kappa shape index (κ3) is 2.94. The minimum Gasteiger partial charge on any atom is -0.380 e. The van der Waals surface area contributed by atoms with Gasteiger partial charge < -0.3 is 14.2 Å². The molecule has 25 heavy (non-hydrogen) atoms. The van der Waals surface area contributed by atoms with Crippen molar-refractivity contribution in [3.05, 3.63) is 66.5 Å². The maximum Gasteiger partial charge on any atom is 0.254 e. The summed E-state index contributed by atoms with van der Waals surface area (Å²) in [5.41, 5.74) is 1.67. The number of likely N-dealkylation sites (tertiary alicyclic amines) is 1. The van der Waals surface area contributed by atoms with Crippen LogP contribution >= 0.6 is 0 Å². The first kappa shape index (κ1) is 15.6. The maximum absolute atomic E-state index is 13.0. The van der Waals surface area contributed by atoms with Gasteiger partial charge in [0.15, 0.2) is 0 Å². The van der Waals surface area contributed by atoms with Crippen LogP contribution in [0, 0.1) is 0 Å². The van der Waals surface area contributed by atoms with Crippen LogP contribution in [0.1, 0.15) is 28.6 Å². The van der Waals surface area contributed by atoms with Gasteiger partial charge in [-0.2, -0.15) is 5.10 Å². The van der Waals surface area contributed by atoms with E-state index in [9.17, 15) is 4.79 Å². The fourth-order valence-electron chi connectivity index (χ4n) is 3.28. The molecule has 0 unspecified atom stereocenters. The smallest absolute Gasteiger partial charge is 0.254 e. The van der Waals surface area contributed by atoms with Crippen molar-refractivity contribution in [3.8, 4) is 5.69 Å². The molecule has 128 valence electrons.